The molecule has 2 N–H and O–H groups in total. The summed E-state index contributed by atoms with van der Waals surface area (Å²) in [5.41, 5.74) is 3.67. The van der Waals surface area contributed by atoms with Crippen molar-refractivity contribution in [2.24, 2.45) is 16.8 Å². The summed E-state index contributed by atoms with van der Waals surface area (Å²) >= 11 is 0. The monoisotopic (exact) mass is 271 g/mol. The van der Waals surface area contributed by atoms with Gasteiger partial charge in [-0.05, 0) is 45.7 Å². The highest BCUT2D eigenvalue weighted by atomic mass is 15.0. The summed E-state index contributed by atoms with van der Waals surface area (Å²) in [6.07, 6.45) is 10.7. The Morgan fingerprint density at radius 1 is 1.50 bits per heavy atom. The molecule has 0 radical (unpaired) electrons. The minimum Gasteiger partial charge on any atom is -0.370 e. The molecule has 1 atom stereocenters. The summed E-state index contributed by atoms with van der Waals surface area (Å²) in [4.78, 5) is 4.13. The molecule has 2 aliphatic rings. The minimum atomic E-state index is 0.241. The molecule has 1 fully saturated rings. The summed E-state index contributed by atoms with van der Waals surface area (Å²) in [5, 5.41) is 11.1. The molecule has 108 valence electrons. The Balaban J connectivity index is 2.10. The molecule has 0 saturated heterocycles. The van der Waals surface area contributed by atoms with Gasteiger partial charge in [0.1, 0.15) is 5.82 Å². The molecule has 3 heteroatoms. The van der Waals surface area contributed by atoms with E-state index < -0.39 is 0 Å². The third-order valence-corrected chi connectivity index (χ3v) is 4.55. The molecule has 0 aromatic heterocycles. The van der Waals surface area contributed by atoms with Crippen LogP contribution in [0, 0.1) is 17.2 Å². The lowest BCUT2D eigenvalue weighted by atomic mass is 9.85. The van der Waals surface area contributed by atoms with E-state index in [0.29, 0.717) is 0 Å². The Hall–Kier alpha value is -1.64. The van der Waals surface area contributed by atoms with Crippen LogP contribution in [0.1, 0.15) is 39.5 Å². The summed E-state index contributed by atoms with van der Waals surface area (Å²) in [6, 6.07) is 0. The fourth-order valence-corrected chi connectivity index (χ4v) is 2.71. The van der Waals surface area contributed by atoms with Crippen molar-refractivity contribution in [3.05, 3.63) is 34.7 Å². The van der Waals surface area contributed by atoms with Crippen molar-refractivity contribution in [2.75, 3.05) is 6.54 Å². The lowest BCUT2D eigenvalue weighted by Crippen LogP contribution is -2.28. The summed E-state index contributed by atoms with van der Waals surface area (Å²) in [6.45, 7) is 8.92. The zero-order valence-corrected chi connectivity index (χ0v) is 12.6. The van der Waals surface area contributed by atoms with Crippen molar-refractivity contribution < 1.29 is 0 Å². The topological polar surface area (TPSA) is 48.2 Å². The van der Waals surface area contributed by atoms with Crippen molar-refractivity contribution >= 4 is 12.9 Å². The standard InChI is InChI=1S/C17H25N3/c1-12-7-8-15(9-13(12)2)16(10-18)17(19-3)20-11-14-5-4-6-14/h7-8,10,14-15,18,20H,3-6,9,11H2,1-2H3/b17-16+,18-10?. The third kappa shape index (κ3) is 3.27. The SMILES string of the molecule is C=N/C(NCC1CCC1)=C(/C=N)C1C=CC(C)=C(C)C1. The Bertz CT molecular complexity index is 478. The fraction of sp³-hybridized carbons (Fsp3) is 0.529. The van der Waals surface area contributed by atoms with Crippen molar-refractivity contribution in [1.29, 1.82) is 5.41 Å². The van der Waals surface area contributed by atoms with Crippen molar-refractivity contribution in [1.82, 2.24) is 5.32 Å². The average Bonchev–Trinajstić information content (AvgIpc) is 2.39. The van der Waals surface area contributed by atoms with Gasteiger partial charge < -0.3 is 10.7 Å². The van der Waals surface area contributed by atoms with Crippen LogP contribution in [-0.2, 0) is 0 Å². The maximum absolute atomic E-state index is 7.73. The van der Waals surface area contributed by atoms with Crippen molar-refractivity contribution in [2.45, 2.75) is 39.5 Å². The van der Waals surface area contributed by atoms with Gasteiger partial charge in [-0.3, -0.25) is 0 Å². The van der Waals surface area contributed by atoms with E-state index in [9.17, 15) is 0 Å². The molecule has 3 nitrogen and oxygen atoms in total. The molecule has 0 bridgehead atoms. The van der Waals surface area contributed by atoms with E-state index in [4.69, 9.17) is 5.41 Å². The van der Waals surface area contributed by atoms with Crippen molar-refractivity contribution in [3.63, 3.8) is 0 Å². The molecule has 0 spiro atoms. The van der Waals surface area contributed by atoms with Gasteiger partial charge in [0.05, 0.1) is 0 Å². The van der Waals surface area contributed by atoms with Gasteiger partial charge in [-0.25, -0.2) is 4.99 Å². The number of hydrogen-bond donors (Lipinski definition) is 2. The maximum Gasteiger partial charge on any atom is 0.130 e. The second-order valence-corrected chi connectivity index (χ2v) is 5.92. The van der Waals surface area contributed by atoms with E-state index in [1.54, 1.807) is 0 Å². The number of nitrogens with zero attached hydrogens (tertiary/aromatic N) is 1. The van der Waals surface area contributed by atoms with Crippen LogP contribution in [0.5, 0.6) is 0 Å². The smallest absolute Gasteiger partial charge is 0.130 e. The van der Waals surface area contributed by atoms with E-state index in [1.165, 1.54) is 36.6 Å². The number of allylic oxidation sites excluding steroid dienone is 5. The molecule has 0 aromatic rings. The number of nitrogens with one attached hydrogen (secondary N) is 2. The zero-order valence-electron chi connectivity index (χ0n) is 12.6. The Morgan fingerprint density at radius 3 is 2.75 bits per heavy atom. The van der Waals surface area contributed by atoms with Crippen LogP contribution in [-0.4, -0.2) is 19.5 Å². The largest absolute Gasteiger partial charge is 0.370 e. The predicted molar refractivity (Wildman–Crippen MR) is 86.3 cm³/mol. The number of rotatable bonds is 6. The van der Waals surface area contributed by atoms with Gasteiger partial charge in [0.2, 0.25) is 0 Å². The summed E-state index contributed by atoms with van der Waals surface area (Å²) in [5.74, 6) is 1.80. The van der Waals surface area contributed by atoms with E-state index in [0.717, 1.165) is 30.3 Å². The van der Waals surface area contributed by atoms with Gasteiger partial charge in [-0.2, -0.15) is 0 Å². The predicted octanol–water partition coefficient (Wildman–Crippen LogP) is 3.85. The van der Waals surface area contributed by atoms with Gasteiger partial charge in [0.25, 0.3) is 0 Å². The quantitative estimate of drug-likeness (QED) is 0.708. The van der Waals surface area contributed by atoms with Gasteiger partial charge in [0.15, 0.2) is 0 Å². The first-order valence-electron chi connectivity index (χ1n) is 7.45. The first-order chi connectivity index (χ1) is 9.65. The van der Waals surface area contributed by atoms with Crippen LogP contribution in [0.25, 0.3) is 0 Å². The number of aliphatic imine (C=N–C) groups is 1. The Kier molecular flexibility index (Phi) is 4.94. The number of hydrogen-bond acceptors (Lipinski definition) is 3. The molecule has 0 aromatic carbocycles. The molecule has 0 amide bonds. The Morgan fingerprint density at radius 2 is 2.25 bits per heavy atom. The summed E-state index contributed by atoms with van der Waals surface area (Å²) < 4.78 is 0. The zero-order chi connectivity index (χ0) is 14.5. The van der Waals surface area contributed by atoms with E-state index >= 15 is 0 Å². The van der Waals surface area contributed by atoms with Gasteiger partial charge in [0, 0.05) is 24.3 Å². The van der Waals surface area contributed by atoms with Gasteiger partial charge in [-0.15, -0.1) is 0 Å². The molecule has 2 rings (SSSR count). The second kappa shape index (κ2) is 6.69. The van der Waals surface area contributed by atoms with Crippen molar-refractivity contribution in [3.8, 4) is 0 Å². The molecule has 0 heterocycles. The first-order valence-corrected chi connectivity index (χ1v) is 7.45. The van der Waals surface area contributed by atoms with E-state index in [1.807, 2.05) is 0 Å². The highest BCUT2D eigenvalue weighted by Gasteiger charge is 2.20. The van der Waals surface area contributed by atoms with Crippen LogP contribution in [0.3, 0.4) is 0 Å². The van der Waals surface area contributed by atoms with Crippen LogP contribution in [0.15, 0.2) is 39.7 Å². The van der Waals surface area contributed by atoms with Gasteiger partial charge in [-0.1, -0.05) is 29.7 Å². The molecule has 1 unspecified atom stereocenters. The maximum atomic E-state index is 7.73. The Labute approximate surface area is 122 Å². The molecule has 2 aliphatic carbocycles. The molecule has 20 heavy (non-hydrogen) atoms. The lowest BCUT2D eigenvalue weighted by molar-refractivity contribution is 0.309. The summed E-state index contributed by atoms with van der Waals surface area (Å²) in [7, 11) is 0. The molecular weight excluding hydrogens is 246 g/mol. The highest BCUT2D eigenvalue weighted by Crippen LogP contribution is 2.30. The van der Waals surface area contributed by atoms with Crippen LogP contribution in [0.2, 0.25) is 0 Å². The van der Waals surface area contributed by atoms with Crippen LogP contribution < -0.4 is 5.32 Å². The molecule has 1 saturated carbocycles. The van der Waals surface area contributed by atoms with Crippen LogP contribution in [0.4, 0.5) is 0 Å². The lowest BCUT2D eigenvalue weighted by Gasteiger charge is -2.27. The molecule has 0 aliphatic heterocycles. The highest BCUT2D eigenvalue weighted by molar-refractivity contribution is 5.78. The second-order valence-electron chi connectivity index (χ2n) is 5.92. The normalized spacial score (nSPS) is 24.0. The third-order valence-electron chi connectivity index (χ3n) is 4.55. The fourth-order valence-electron chi connectivity index (χ4n) is 2.71. The van der Waals surface area contributed by atoms with Gasteiger partial charge >= 0.3 is 0 Å². The van der Waals surface area contributed by atoms with E-state index in [-0.39, 0.29) is 5.92 Å². The molecular formula is C17H25N3. The minimum absolute atomic E-state index is 0.241. The van der Waals surface area contributed by atoms with E-state index in [2.05, 4.69) is 43.0 Å². The average molecular weight is 271 g/mol. The van der Waals surface area contributed by atoms with Crippen LogP contribution >= 0.6 is 0 Å². The first kappa shape index (κ1) is 14.8.